The molecule has 2 unspecified atom stereocenters. The Morgan fingerprint density at radius 3 is 2.45 bits per heavy atom. The van der Waals surface area contributed by atoms with Crippen molar-refractivity contribution < 1.29 is 9.59 Å². The third kappa shape index (κ3) is 7.20. The number of likely N-dealkylation sites (tertiary alicyclic amines) is 1. The number of rotatable bonds is 8. The Bertz CT molecular complexity index is 707. The second-order valence-electron chi connectivity index (χ2n) is 9.47. The number of pyridine rings is 1. The van der Waals surface area contributed by atoms with Gasteiger partial charge in [0.05, 0.1) is 6.54 Å². The lowest BCUT2D eigenvalue weighted by atomic mass is 9.84. The number of aromatic nitrogens is 1. The lowest BCUT2D eigenvalue weighted by molar-refractivity contribution is -0.131. The zero-order valence-corrected chi connectivity index (χ0v) is 19.1. The standard InChI is InChI=1S/C24H39N5O2/c1-17-7-6-8-18(2)29(17)16-23(30)28-21(13-19-9-4-3-5-10-19)24(31)27-15-20-11-12-22(25)26-14-20/h11-12,14,17-19,21H,3-10,13,15-16H2,1-2H3,(H2,25,26)(H,27,31)(H,28,30)/t17-,18?,21?/m0/s1. The van der Waals surface area contributed by atoms with Crippen LogP contribution in [0.4, 0.5) is 5.82 Å². The largest absolute Gasteiger partial charge is 0.384 e. The van der Waals surface area contributed by atoms with Crippen LogP contribution in [-0.2, 0) is 16.1 Å². The number of amides is 2. The van der Waals surface area contributed by atoms with Crippen LogP contribution < -0.4 is 16.4 Å². The third-order valence-corrected chi connectivity index (χ3v) is 6.96. The molecule has 1 saturated heterocycles. The van der Waals surface area contributed by atoms with Gasteiger partial charge >= 0.3 is 0 Å². The normalized spacial score (nSPS) is 23.8. The van der Waals surface area contributed by atoms with Crippen molar-refractivity contribution in [3.05, 3.63) is 23.9 Å². The van der Waals surface area contributed by atoms with Crippen LogP contribution in [0.3, 0.4) is 0 Å². The summed E-state index contributed by atoms with van der Waals surface area (Å²) in [5.74, 6) is 0.788. The van der Waals surface area contributed by atoms with Crippen molar-refractivity contribution in [3.8, 4) is 0 Å². The van der Waals surface area contributed by atoms with E-state index in [1.165, 1.54) is 25.7 Å². The second-order valence-corrected chi connectivity index (χ2v) is 9.47. The quantitative estimate of drug-likeness (QED) is 0.590. The van der Waals surface area contributed by atoms with Crippen molar-refractivity contribution in [2.45, 2.75) is 96.3 Å². The van der Waals surface area contributed by atoms with E-state index in [9.17, 15) is 9.59 Å². The molecule has 4 N–H and O–H groups in total. The van der Waals surface area contributed by atoms with E-state index in [4.69, 9.17) is 5.73 Å². The van der Waals surface area contributed by atoms with Crippen molar-refractivity contribution in [3.63, 3.8) is 0 Å². The average molecular weight is 430 g/mol. The van der Waals surface area contributed by atoms with E-state index in [0.717, 1.165) is 31.2 Å². The molecule has 3 rings (SSSR count). The minimum absolute atomic E-state index is 0.0503. The van der Waals surface area contributed by atoms with Crippen LogP contribution in [0.1, 0.15) is 77.2 Å². The Hall–Kier alpha value is -2.15. The Morgan fingerprint density at radius 2 is 1.81 bits per heavy atom. The van der Waals surface area contributed by atoms with E-state index >= 15 is 0 Å². The third-order valence-electron chi connectivity index (χ3n) is 6.96. The van der Waals surface area contributed by atoms with E-state index in [2.05, 4.69) is 34.4 Å². The van der Waals surface area contributed by atoms with Crippen LogP contribution in [0, 0.1) is 5.92 Å². The molecule has 2 aliphatic rings. The molecule has 1 aliphatic heterocycles. The van der Waals surface area contributed by atoms with E-state index in [1.54, 1.807) is 12.3 Å². The zero-order valence-electron chi connectivity index (χ0n) is 19.1. The molecule has 0 bridgehead atoms. The number of piperidine rings is 1. The summed E-state index contributed by atoms with van der Waals surface area (Å²) in [6.07, 6.45) is 11.8. The van der Waals surface area contributed by atoms with Crippen molar-refractivity contribution >= 4 is 17.6 Å². The first-order valence-electron chi connectivity index (χ1n) is 12.0. The van der Waals surface area contributed by atoms with Gasteiger partial charge in [-0.05, 0) is 50.7 Å². The molecule has 2 heterocycles. The van der Waals surface area contributed by atoms with Crippen molar-refractivity contribution in [2.75, 3.05) is 12.3 Å². The van der Waals surface area contributed by atoms with Gasteiger partial charge in [-0.15, -0.1) is 0 Å². The molecule has 172 valence electrons. The van der Waals surface area contributed by atoms with E-state index in [0.29, 0.717) is 43.3 Å². The number of nitrogen functional groups attached to an aromatic ring is 1. The first kappa shape index (κ1) is 23.5. The summed E-state index contributed by atoms with van der Waals surface area (Å²) in [6, 6.07) is 3.89. The van der Waals surface area contributed by atoms with E-state index in [-0.39, 0.29) is 11.8 Å². The van der Waals surface area contributed by atoms with Gasteiger partial charge in [0.15, 0.2) is 0 Å². The molecule has 2 amide bonds. The molecule has 7 heteroatoms. The molecule has 1 aliphatic carbocycles. The number of carbonyl (C=O) groups excluding carboxylic acids is 2. The van der Waals surface area contributed by atoms with Gasteiger partial charge in [0.25, 0.3) is 0 Å². The predicted octanol–water partition coefficient (Wildman–Crippen LogP) is 3.00. The van der Waals surface area contributed by atoms with Gasteiger partial charge < -0.3 is 16.4 Å². The minimum Gasteiger partial charge on any atom is -0.384 e. The van der Waals surface area contributed by atoms with Crippen LogP contribution in [0.15, 0.2) is 18.3 Å². The highest BCUT2D eigenvalue weighted by molar-refractivity contribution is 5.88. The molecule has 1 aromatic heterocycles. The predicted molar refractivity (Wildman–Crippen MR) is 123 cm³/mol. The van der Waals surface area contributed by atoms with Gasteiger partial charge in [0, 0.05) is 24.8 Å². The summed E-state index contributed by atoms with van der Waals surface area (Å²) < 4.78 is 0. The van der Waals surface area contributed by atoms with Crippen LogP contribution in [-0.4, -0.2) is 46.4 Å². The Balaban J connectivity index is 1.59. The molecule has 1 aromatic rings. The first-order valence-corrected chi connectivity index (χ1v) is 12.0. The fraction of sp³-hybridized carbons (Fsp3) is 0.708. The minimum atomic E-state index is -0.493. The topological polar surface area (TPSA) is 100 Å². The maximum atomic E-state index is 13.0. The van der Waals surface area contributed by atoms with Gasteiger partial charge in [0.1, 0.15) is 11.9 Å². The second kappa shape index (κ2) is 11.5. The molecule has 2 fully saturated rings. The van der Waals surface area contributed by atoms with Crippen molar-refractivity contribution in [2.24, 2.45) is 5.92 Å². The molecular weight excluding hydrogens is 390 g/mol. The molecule has 7 nitrogen and oxygen atoms in total. The number of nitrogens with one attached hydrogen (secondary N) is 2. The summed E-state index contributed by atoms with van der Waals surface area (Å²) in [6.45, 7) is 5.12. The van der Waals surface area contributed by atoms with Gasteiger partial charge in [-0.3, -0.25) is 14.5 Å². The SMILES string of the molecule is CC1CCC[C@H](C)N1CC(=O)NC(CC1CCCCC1)C(=O)NCc1ccc(N)nc1. The fourth-order valence-corrected chi connectivity index (χ4v) is 5.03. The summed E-state index contributed by atoms with van der Waals surface area (Å²) in [7, 11) is 0. The van der Waals surface area contributed by atoms with Crippen molar-refractivity contribution in [1.82, 2.24) is 20.5 Å². The van der Waals surface area contributed by atoms with E-state index < -0.39 is 6.04 Å². The Morgan fingerprint density at radius 1 is 1.10 bits per heavy atom. The first-order chi connectivity index (χ1) is 14.9. The van der Waals surface area contributed by atoms with Crippen LogP contribution in [0.2, 0.25) is 0 Å². The van der Waals surface area contributed by atoms with Crippen LogP contribution in [0.5, 0.6) is 0 Å². The lowest BCUT2D eigenvalue weighted by Gasteiger charge is -2.38. The highest BCUT2D eigenvalue weighted by Gasteiger charge is 2.29. The highest BCUT2D eigenvalue weighted by atomic mass is 16.2. The van der Waals surface area contributed by atoms with Crippen LogP contribution >= 0.6 is 0 Å². The van der Waals surface area contributed by atoms with Gasteiger partial charge in [-0.25, -0.2) is 4.98 Å². The maximum Gasteiger partial charge on any atom is 0.242 e. The molecule has 1 saturated carbocycles. The number of hydrogen-bond acceptors (Lipinski definition) is 5. The summed E-state index contributed by atoms with van der Waals surface area (Å²) in [4.78, 5) is 32.3. The van der Waals surface area contributed by atoms with Gasteiger partial charge in [-0.1, -0.05) is 44.6 Å². The number of nitrogens with two attached hydrogens (primary N) is 1. The highest BCUT2D eigenvalue weighted by Crippen LogP contribution is 2.27. The van der Waals surface area contributed by atoms with Crippen molar-refractivity contribution in [1.29, 1.82) is 0 Å². The molecule has 31 heavy (non-hydrogen) atoms. The molecule has 3 atom stereocenters. The number of anilines is 1. The number of hydrogen-bond donors (Lipinski definition) is 3. The molecule has 0 aromatic carbocycles. The monoisotopic (exact) mass is 429 g/mol. The smallest absolute Gasteiger partial charge is 0.242 e. The summed E-state index contributed by atoms with van der Waals surface area (Å²) >= 11 is 0. The number of nitrogens with zero attached hydrogens (tertiary/aromatic N) is 2. The van der Waals surface area contributed by atoms with E-state index in [1.807, 2.05) is 6.07 Å². The molecule has 0 radical (unpaired) electrons. The number of carbonyl (C=O) groups is 2. The summed E-state index contributed by atoms with van der Waals surface area (Å²) in [5, 5.41) is 6.06. The zero-order chi connectivity index (χ0) is 22.2. The molecular formula is C24H39N5O2. The summed E-state index contributed by atoms with van der Waals surface area (Å²) in [5.41, 5.74) is 6.53. The maximum absolute atomic E-state index is 13.0. The molecule has 0 spiro atoms. The average Bonchev–Trinajstić information content (AvgIpc) is 2.76. The fourth-order valence-electron chi connectivity index (χ4n) is 5.03. The van der Waals surface area contributed by atoms with Crippen LogP contribution in [0.25, 0.3) is 0 Å². The van der Waals surface area contributed by atoms with Gasteiger partial charge in [0.2, 0.25) is 11.8 Å². The lowest BCUT2D eigenvalue weighted by Crippen LogP contribution is -2.53. The Labute approximate surface area is 186 Å². The van der Waals surface area contributed by atoms with Gasteiger partial charge in [-0.2, -0.15) is 0 Å². The Kier molecular flexibility index (Phi) is 8.69.